The van der Waals surface area contributed by atoms with E-state index in [0.29, 0.717) is 12.5 Å². The van der Waals surface area contributed by atoms with Crippen LogP contribution in [0.4, 0.5) is 0 Å². The molecule has 0 saturated heterocycles. The molecule has 0 aliphatic heterocycles. The quantitative estimate of drug-likeness (QED) is 0.709. The number of amides is 1. The molecule has 0 bridgehead atoms. The molecule has 2 aliphatic carbocycles. The van der Waals surface area contributed by atoms with Gasteiger partial charge in [-0.3, -0.25) is 9.59 Å². The van der Waals surface area contributed by atoms with Gasteiger partial charge in [-0.2, -0.15) is 0 Å². The Balaban J connectivity index is 1.85. The molecule has 0 aromatic rings. The first-order valence-electron chi connectivity index (χ1n) is 7.51. The van der Waals surface area contributed by atoms with Crippen molar-refractivity contribution in [1.82, 2.24) is 5.32 Å². The summed E-state index contributed by atoms with van der Waals surface area (Å²) in [5.74, 6) is -1.43. The Morgan fingerprint density at radius 1 is 1.15 bits per heavy atom. The van der Waals surface area contributed by atoms with Crippen LogP contribution in [-0.4, -0.2) is 35.2 Å². The van der Waals surface area contributed by atoms with Gasteiger partial charge in [0.2, 0.25) is 5.91 Å². The highest BCUT2D eigenvalue weighted by Crippen LogP contribution is 2.58. The molecule has 2 saturated carbocycles. The number of carbonyl (C=O) groups is 2. The van der Waals surface area contributed by atoms with E-state index in [1.165, 1.54) is 0 Å². The fourth-order valence-corrected chi connectivity index (χ4v) is 3.72. The van der Waals surface area contributed by atoms with Gasteiger partial charge in [0.25, 0.3) is 0 Å². The molecule has 0 aromatic carbocycles. The average molecular weight is 283 g/mol. The Labute approximate surface area is 119 Å². The lowest BCUT2D eigenvalue weighted by Crippen LogP contribution is -2.37. The summed E-state index contributed by atoms with van der Waals surface area (Å²) in [5, 5.41) is 21.4. The molecule has 20 heavy (non-hydrogen) atoms. The highest BCUT2D eigenvalue weighted by atomic mass is 16.4. The number of carboxylic acid groups (broad SMARTS) is 1. The van der Waals surface area contributed by atoms with E-state index in [0.717, 1.165) is 25.7 Å². The van der Waals surface area contributed by atoms with E-state index in [1.807, 2.05) is 13.8 Å². The van der Waals surface area contributed by atoms with E-state index in [9.17, 15) is 14.7 Å². The number of aliphatic hydroxyl groups is 1. The van der Waals surface area contributed by atoms with Gasteiger partial charge in [-0.25, -0.2) is 0 Å². The van der Waals surface area contributed by atoms with Crippen LogP contribution in [0.15, 0.2) is 0 Å². The van der Waals surface area contributed by atoms with Crippen LogP contribution in [0.5, 0.6) is 0 Å². The molecule has 2 fully saturated rings. The van der Waals surface area contributed by atoms with Crippen molar-refractivity contribution in [2.45, 2.75) is 39.5 Å². The van der Waals surface area contributed by atoms with Crippen molar-refractivity contribution >= 4 is 11.9 Å². The highest BCUT2D eigenvalue weighted by Gasteiger charge is 2.65. The van der Waals surface area contributed by atoms with Crippen LogP contribution in [0.25, 0.3) is 0 Å². The maximum Gasteiger partial charge on any atom is 0.307 e. The summed E-state index contributed by atoms with van der Waals surface area (Å²) >= 11 is 0. The van der Waals surface area contributed by atoms with E-state index in [4.69, 9.17) is 5.11 Å². The number of aliphatic carboxylic acids is 1. The zero-order valence-electron chi connectivity index (χ0n) is 12.3. The lowest BCUT2D eigenvalue weighted by Gasteiger charge is -2.30. The molecule has 0 aromatic heterocycles. The monoisotopic (exact) mass is 283 g/mol. The van der Waals surface area contributed by atoms with Gasteiger partial charge in [-0.15, -0.1) is 0 Å². The Bertz CT molecular complexity index is 393. The Hall–Kier alpha value is -1.10. The molecule has 114 valence electrons. The van der Waals surface area contributed by atoms with E-state index < -0.39 is 23.2 Å². The molecule has 0 heterocycles. The van der Waals surface area contributed by atoms with E-state index in [2.05, 4.69) is 5.32 Å². The lowest BCUT2D eigenvalue weighted by atomic mass is 9.79. The first kappa shape index (κ1) is 15.3. The predicted molar refractivity (Wildman–Crippen MR) is 73.9 cm³/mol. The summed E-state index contributed by atoms with van der Waals surface area (Å²) in [7, 11) is 0. The third-order valence-corrected chi connectivity index (χ3v) is 5.22. The van der Waals surface area contributed by atoms with Crippen LogP contribution in [0.1, 0.15) is 39.5 Å². The van der Waals surface area contributed by atoms with Crippen LogP contribution in [0.2, 0.25) is 0 Å². The second-order valence-electron chi connectivity index (χ2n) is 6.85. The minimum Gasteiger partial charge on any atom is -0.481 e. The summed E-state index contributed by atoms with van der Waals surface area (Å²) in [4.78, 5) is 23.2. The molecule has 3 N–H and O–H groups in total. The van der Waals surface area contributed by atoms with Crippen molar-refractivity contribution in [3.8, 4) is 0 Å². The number of hydrogen-bond donors (Lipinski definition) is 3. The van der Waals surface area contributed by atoms with Crippen LogP contribution < -0.4 is 5.32 Å². The molecular weight excluding hydrogens is 258 g/mol. The number of rotatable bonds is 5. The third kappa shape index (κ3) is 2.82. The van der Waals surface area contributed by atoms with Crippen molar-refractivity contribution in [2.24, 2.45) is 29.1 Å². The van der Waals surface area contributed by atoms with Crippen LogP contribution in [0, 0.1) is 29.1 Å². The Morgan fingerprint density at radius 3 is 2.25 bits per heavy atom. The highest BCUT2D eigenvalue weighted by molar-refractivity contribution is 5.91. The van der Waals surface area contributed by atoms with E-state index in [-0.39, 0.29) is 18.4 Å². The molecule has 2 aliphatic rings. The van der Waals surface area contributed by atoms with Gasteiger partial charge < -0.3 is 15.5 Å². The van der Waals surface area contributed by atoms with Gasteiger partial charge >= 0.3 is 5.97 Å². The maximum atomic E-state index is 12.1. The first-order chi connectivity index (χ1) is 9.39. The van der Waals surface area contributed by atoms with Gasteiger partial charge in [0.1, 0.15) is 0 Å². The van der Waals surface area contributed by atoms with Gasteiger partial charge in [0.15, 0.2) is 0 Å². The predicted octanol–water partition coefficient (Wildman–Crippen LogP) is 1.26. The SMILES string of the molecule is CC1(C)[C@H](C(=O)O)[C@@H]1C(=O)NCC1CCCCC1CO. The topological polar surface area (TPSA) is 86.6 Å². The third-order valence-electron chi connectivity index (χ3n) is 5.22. The molecule has 0 spiro atoms. The van der Waals surface area contributed by atoms with Crippen molar-refractivity contribution in [1.29, 1.82) is 0 Å². The van der Waals surface area contributed by atoms with Crippen LogP contribution in [0.3, 0.4) is 0 Å². The summed E-state index contributed by atoms with van der Waals surface area (Å²) in [6, 6.07) is 0. The van der Waals surface area contributed by atoms with Crippen molar-refractivity contribution in [3.63, 3.8) is 0 Å². The minimum absolute atomic E-state index is 0.148. The number of nitrogens with one attached hydrogen (secondary N) is 1. The molecule has 2 unspecified atom stereocenters. The van der Waals surface area contributed by atoms with Gasteiger partial charge in [-0.1, -0.05) is 26.7 Å². The normalized spacial score (nSPS) is 35.4. The van der Waals surface area contributed by atoms with E-state index in [1.54, 1.807) is 0 Å². The second kappa shape index (κ2) is 5.72. The minimum atomic E-state index is -0.888. The van der Waals surface area contributed by atoms with Crippen molar-refractivity contribution in [2.75, 3.05) is 13.2 Å². The number of carbonyl (C=O) groups excluding carboxylic acids is 1. The van der Waals surface area contributed by atoms with Crippen LogP contribution >= 0.6 is 0 Å². The number of aliphatic hydroxyl groups excluding tert-OH is 1. The summed E-state index contributed by atoms with van der Waals surface area (Å²) < 4.78 is 0. The molecule has 5 heteroatoms. The zero-order chi connectivity index (χ0) is 14.9. The summed E-state index contributed by atoms with van der Waals surface area (Å²) in [6.45, 7) is 4.39. The fourth-order valence-electron chi connectivity index (χ4n) is 3.72. The van der Waals surface area contributed by atoms with Gasteiger partial charge in [0, 0.05) is 13.2 Å². The standard InChI is InChI=1S/C15H25NO4/c1-15(2)11(12(15)14(19)20)13(18)16-7-9-5-3-4-6-10(9)8-17/h9-12,17H,3-8H2,1-2H3,(H,16,18)(H,19,20)/t9?,10?,11-,12+/m1/s1. The molecule has 1 amide bonds. The fraction of sp³-hybridized carbons (Fsp3) is 0.867. The van der Waals surface area contributed by atoms with Crippen molar-refractivity contribution < 1.29 is 19.8 Å². The first-order valence-corrected chi connectivity index (χ1v) is 7.51. The molecular formula is C15H25NO4. The summed E-state index contributed by atoms with van der Waals surface area (Å²) in [5.41, 5.74) is -0.446. The second-order valence-corrected chi connectivity index (χ2v) is 6.85. The molecule has 5 nitrogen and oxygen atoms in total. The average Bonchev–Trinajstić information content (AvgIpc) is 2.99. The zero-order valence-corrected chi connectivity index (χ0v) is 12.3. The lowest BCUT2D eigenvalue weighted by molar-refractivity contribution is -0.140. The smallest absolute Gasteiger partial charge is 0.307 e. The van der Waals surface area contributed by atoms with Crippen molar-refractivity contribution in [3.05, 3.63) is 0 Å². The van der Waals surface area contributed by atoms with Gasteiger partial charge in [-0.05, 0) is 30.1 Å². The van der Waals surface area contributed by atoms with Gasteiger partial charge in [0.05, 0.1) is 11.8 Å². The largest absolute Gasteiger partial charge is 0.481 e. The number of carboxylic acids is 1. The molecule has 0 radical (unpaired) electrons. The Kier molecular flexibility index (Phi) is 4.37. The van der Waals surface area contributed by atoms with E-state index >= 15 is 0 Å². The molecule has 2 rings (SSSR count). The molecule has 4 atom stereocenters. The summed E-state index contributed by atoms with van der Waals surface area (Å²) in [6.07, 6.45) is 4.34. The van der Waals surface area contributed by atoms with Crippen LogP contribution in [-0.2, 0) is 9.59 Å². The maximum absolute atomic E-state index is 12.1. The Morgan fingerprint density at radius 2 is 1.75 bits per heavy atom. The number of hydrogen-bond acceptors (Lipinski definition) is 3.